The zero-order valence-corrected chi connectivity index (χ0v) is 48.5. The van der Waals surface area contributed by atoms with E-state index in [1.807, 2.05) is 58.1 Å². The van der Waals surface area contributed by atoms with Crippen LogP contribution in [0.2, 0.25) is 0 Å². The van der Waals surface area contributed by atoms with Crippen molar-refractivity contribution in [2.75, 3.05) is 67.3 Å². The fourth-order valence-electron chi connectivity index (χ4n) is 12.2. The topological polar surface area (TPSA) is 197 Å². The molecule has 1 aliphatic carbocycles. The molecule has 15 atom stereocenters. The van der Waals surface area contributed by atoms with Crippen molar-refractivity contribution in [3.05, 3.63) is 47.6 Å². The maximum atomic E-state index is 14.7. The molecule has 436 valence electrons. The van der Waals surface area contributed by atoms with Gasteiger partial charge in [-0.05, 0) is 139 Å². The summed E-state index contributed by atoms with van der Waals surface area (Å²) in [4.78, 5) is 75.6. The number of esters is 1. The maximum Gasteiger partial charge on any atom is 0.329 e. The number of nitrogens with zero attached hydrogens (tertiary/aromatic N) is 2. The number of rotatable bonds is 14. The molecule has 4 heterocycles. The van der Waals surface area contributed by atoms with Gasteiger partial charge in [-0.15, -0.1) is 0 Å². The minimum Gasteiger partial charge on any atom is -0.460 e. The molecule has 2 unspecified atom stereocenters. The highest BCUT2D eigenvalue weighted by atomic mass is 16.6. The number of ketones is 3. The minimum absolute atomic E-state index is 0.00711. The number of aliphatic hydroxyl groups is 2. The number of piperidine rings is 2. The number of methoxy groups -OCH3 is 3. The van der Waals surface area contributed by atoms with E-state index in [1.54, 1.807) is 41.1 Å². The molecule has 1 saturated carbocycles. The summed E-state index contributed by atoms with van der Waals surface area (Å²) in [6.45, 7) is 17.6. The van der Waals surface area contributed by atoms with E-state index in [2.05, 4.69) is 4.90 Å². The average Bonchev–Trinajstić information content (AvgIpc) is 3.43. The lowest BCUT2D eigenvalue weighted by molar-refractivity contribution is -0.266. The molecule has 77 heavy (non-hydrogen) atoms. The molecule has 0 aromatic carbocycles. The van der Waals surface area contributed by atoms with E-state index in [1.165, 1.54) is 31.3 Å². The molecule has 2 bridgehead atoms. The number of aliphatic hydroxyl groups excluding tert-OH is 1. The van der Waals surface area contributed by atoms with Gasteiger partial charge in [-0.1, -0.05) is 77.5 Å². The summed E-state index contributed by atoms with van der Waals surface area (Å²) in [5.41, 5.74) is 1.27. The molecule has 1 amide bonds. The van der Waals surface area contributed by atoms with E-state index in [-0.39, 0.29) is 73.9 Å². The summed E-state index contributed by atoms with van der Waals surface area (Å²) < 4.78 is 42.3. The van der Waals surface area contributed by atoms with Crippen LogP contribution in [0.5, 0.6) is 0 Å². The van der Waals surface area contributed by atoms with Crippen molar-refractivity contribution in [1.82, 2.24) is 9.80 Å². The third kappa shape index (κ3) is 18.8. The van der Waals surface area contributed by atoms with Crippen molar-refractivity contribution >= 4 is 29.2 Å². The lowest BCUT2D eigenvalue weighted by Crippen LogP contribution is -2.61. The van der Waals surface area contributed by atoms with E-state index in [0.717, 1.165) is 50.9 Å². The molecule has 4 fully saturated rings. The summed E-state index contributed by atoms with van der Waals surface area (Å²) in [5, 5.41) is 23.7. The number of cyclic esters (lactones) is 1. The Hall–Kier alpha value is -3.45. The number of hydrogen-bond donors (Lipinski definition) is 2. The van der Waals surface area contributed by atoms with Gasteiger partial charge in [0.1, 0.15) is 30.1 Å². The fourth-order valence-corrected chi connectivity index (χ4v) is 12.2. The van der Waals surface area contributed by atoms with E-state index in [0.29, 0.717) is 57.3 Å². The summed E-state index contributed by atoms with van der Waals surface area (Å²) in [5.74, 6) is -7.85. The summed E-state index contributed by atoms with van der Waals surface area (Å²) >= 11 is 0. The first-order valence-electron chi connectivity index (χ1n) is 29.2. The summed E-state index contributed by atoms with van der Waals surface area (Å²) in [6.07, 6.45) is 17.3. The Bertz CT molecular complexity index is 2020. The summed E-state index contributed by atoms with van der Waals surface area (Å²) in [7, 11) is 4.70. The number of hydrogen-bond acceptors (Lipinski definition) is 15. The van der Waals surface area contributed by atoms with E-state index < -0.39 is 77.8 Å². The van der Waals surface area contributed by atoms with Crippen LogP contribution < -0.4 is 0 Å². The first kappa shape index (κ1) is 64.4. The van der Waals surface area contributed by atoms with Crippen molar-refractivity contribution in [2.24, 2.45) is 35.5 Å². The van der Waals surface area contributed by atoms with E-state index in [4.69, 9.17) is 33.2 Å². The molecule has 5 aliphatic rings. The average molecular weight is 1080 g/mol. The standard InChI is InChI=1S/C61H98N2O14/c1-40-20-13-11-14-21-41(2)52(75-33-32-71-8)38-48-25-23-46(7)61(70,77-48)58(67)59(68)63-30-18-15-22-49(63)60(69)76-53(39-50(64)42(3)35-45(6)56(66)57(73-10)55(65)44(5)34-40)43(4)36-47-24-26-51(54(37-47)72-9)74-31-19-29-62-27-16-12-17-28-62/h11,13-14,20-21,35,40,42-44,46-49,51-54,56-57,66,70H,12,15-19,22-34,36-39H2,1-10H3/b14-11?,20-13+,41-21?,45-35+/t40-,42-,43-,44-,46-,47+,48+,49?,51-,52?,53+,54-,56-,57+,61-/m1/s1. The third-order valence-electron chi connectivity index (χ3n) is 17.2. The van der Waals surface area contributed by atoms with Gasteiger partial charge < -0.3 is 53.2 Å². The number of Topliss-reactive ketones (excluding diaryl/α,β-unsaturated/α-hetero) is 3. The van der Waals surface area contributed by atoms with Crippen molar-refractivity contribution in [3.8, 4) is 0 Å². The Morgan fingerprint density at radius 3 is 2.23 bits per heavy atom. The molecule has 5 rings (SSSR count). The number of ether oxygens (including phenoxy) is 7. The second-order valence-corrected chi connectivity index (χ2v) is 23.3. The van der Waals surface area contributed by atoms with E-state index >= 15 is 0 Å². The van der Waals surface area contributed by atoms with Gasteiger partial charge in [0.15, 0.2) is 5.78 Å². The number of carbonyl (C=O) groups excluding carboxylic acids is 5. The third-order valence-corrected chi connectivity index (χ3v) is 17.2. The smallest absolute Gasteiger partial charge is 0.329 e. The Morgan fingerprint density at radius 2 is 1.52 bits per heavy atom. The number of likely N-dealkylation sites (tertiary alicyclic amines) is 1. The van der Waals surface area contributed by atoms with Crippen LogP contribution in [0.3, 0.4) is 0 Å². The molecular weight excluding hydrogens is 985 g/mol. The Balaban J connectivity index is 1.42. The lowest BCUT2D eigenvalue weighted by atomic mass is 9.78. The molecule has 4 aliphatic heterocycles. The largest absolute Gasteiger partial charge is 0.460 e. The fraction of sp³-hybridized carbons (Fsp3) is 0.787. The first-order chi connectivity index (χ1) is 36.8. The molecule has 3 saturated heterocycles. The van der Waals surface area contributed by atoms with Crippen molar-refractivity contribution < 1.29 is 67.3 Å². The number of fused-ring (bicyclic) bond motifs is 3. The van der Waals surface area contributed by atoms with Gasteiger partial charge in [-0.25, -0.2) is 4.79 Å². The second-order valence-electron chi connectivity index (χ2n) is 23.3. The Labute approximate surface area is 461 Å². The monoisotopic (exact) mass is 1080 g/mol. The van der Waals surface area contributed by atoms with Crippen molar-refractivity contribution in [1.29, 1.82) is 0 Å². The van der Waals surface area contributed by atoms with Crippen LogP contribution >= 0.6 is 0 Å². The molecular formula is C61H98N2O14. The van der Waals surface area contributed by atoms with Gasteiger partial charge in [0.25, 0.3) is 11.7 Å². The predicted octanol–water partition coefficient (Wildman–Crippen LogP) is 8.10. The zero-order chi connectivity index (χ0) is 56.2. The number of amides is 1. The van der Waals surface area contributed by atoms with Crippen molar-refractivity contribution in [3.63, 3.8) is 0 Å². The van der Waals surface area contributed by atoms with Crippen LogP contribution in [0.1, 0.15) is 151 Å². The first-order valence-corrected chi connectivity index (χ1v) is 29.2. The number of allylic oxidation sites excluding steroid dienone is 6. The predicted molar refractivity (Wildman–Crippen MR) is 295 cm³/mol. The minimum atomic E-state index is -2.45. The molecule has 16 nitrogen and oxygen atoms in total. The van der Waals surface area contributed by atoms with Crippen LogP contribution in [-0.4, -0.2) is 171 Å². The molecule has 0 radical (unpaired) electrons. The highest BCUT2D eigenvalue weighted by Crippen LogP contribution is 2.38. The van der Waals surface area contributed by atoms with Crippen LogP contribution in [0.15, 0.2) is 47.6 Å². The van der Waals surface area contributed by atoms with Crippen LogP contribution in [0.25, 0.3) is 0 Å². The molecule has 0 aromatic rings. The van der Waals surface area contributed by atoms with Crippen molar-refractivity contribution in [2.45, 2.75) is 206 Å². The highest BCUT2D eigenvalue weighted by molar-refractivity contribution is 6.39. The zero-order valence-electron chi connectivity index (χ0n) is 48.5. The van der Waals surface area contributed by atoms with Crippen LogP contribution in [0.4, 0.5) is 0 Å². The van der Waals surface area contributed by atoms with Gasteiger partial charge in [0.2, 0.25) is 5.79 Å². The summed E-state index contributed by atoms with van der Waals surface area (Å²) in [6, 6.07) is -1.14. The van der Waals surface area contributed by atoms with Crippen LogP contribution in [0, 0.1) is 35.5 Å². The quantitative estimate of drug-likeness (QED) is 0.0732. The van der Waals surface area contributed by atoms with Crippen LogP contribution in [-0.2, 0) is 57.1 Å². The van der Waals surface area contributed by atoms with Gasteiger partial charge in [0.05, 0.1) is 37.6 Å². The van der Waals surface area contributed by atoms with Gasteiger partial charge in [-0.3, -0.25) is 19.2 Å². The molecule has 16 heteroatoms. The maximum absolute atomic E-state index is 14.7. The highest BCUT2D eigenvalue weighted by Gasteiger charge is 2.53. The van der Waals surface area contributed by atoms with Gasteiger partial charge >= 0.3 is 5.97 Å². The Morgan fingerprint density at radius 1 is 0.779 bits per heavy atom. The molecule has 0 spiro atoms. The van der Waals surface area contributed by atoms with Gasteiger partial charge in [0, 0.05) is 71.6 Å². The van der Waals surface area contributed by atoms with E-state index in [9.17, 15) is 34.2 Å². The number of carbonyl (C=O) groups is 5. The SMILES string of the molecule is COCCOC1C[C@@H]2CC[C@@H](C)[C@@](O)(O2)C(=O)C(=O)N2CCCCC2C(=O)O[C@H]([C@H](C)C[C@@H]2CC[C@@H](OCCCN3CCCCC3)[C@H](OC)C2)CC(=O)[C@H](C)/C=C(\C)[C@@H](O)[C@@H](OC)C(=O)[C@H](C)C[C@H](C)/C=C/C=CC=C1C. The Kier molecular flexibility index (Phi) is 26.8. The molecule has 0 aromatic heterocycles. The van der Waals surface area contributed by atoms with Gasteiger partial charge in [-0.2, -0.15) is 0 Å². The second kappa shape index (κ2) is 32.1. The normalized spacial score (nSPS) is 36.3. The molecule has 2 N–H and O–H groups in total. The lowest BCUT2D eigenvalue weighted by Gasteiger charge is -2.43.